The molecule has 3 aromatic rings. The van der Waals surface area contributed by atoms with Gasteiger partial charge in [0.25, 0.3) is 0 Å². The maximum atomic E-state index is 11.3. The molecule has 7 heteroatoms. The summed E-state index contributed by atoms with van der Waals surface area (Å²) in [6.45, 7) is 3.45. The van der Waals surface area contributed by atoms with Gasteiger partial charge in [-0.3, -0.25) is 15.2 Å². The molecule has 1 atom stereocenters. The van der Waals surface area contributed by atoms with Crippen molar-refractivity contribution in [3.63, 3.8) is 0 Å². The molecule has 2 aromatic carbocycles. The van der Waals surface area contributed by atoms with Crippen LogP contribution in [0.2, 0.25) is 0 Å². The molecular formula is C22H23N5O2. The van der Waals surface area contributed by atoms with Crippen LogP contribution in [0.3, 0.4) is 0 Å². The number of aromatic hydroxyl groups is 1. The van der Waals surface area contributed by atoms with E-state index in [-0.39, 0.29) is 18.0 Å². The first-order valence-electron chi connectivity index (χ1n) is 9.50. The van der Waals surface area contributed by atoms with E-state index in [1.165, 1.54) is 6.92 Å². The van der Waals surface area contributed by atoms with E-state index in [0.29, 0.717) is 12.0 Å². The van der Waals surface area contributed by atoms with Crippen molar-refractivity contribution in [3.8, 4) is 5.88 Å². The molecular weight excluding hydrogens is 366 g/mol. The van der Waals surface area contributed by atoms with E-state index in [9.17, 15) is 9.90 Å². The van der Waals surface area contributed by atoms with Gasteiger partial charge < -0.3 is 15.4 Å². The second-order valence-corrected chi connectivity index (χ2v) is 7.30. The summed E-state index contributed by atoms with van der Waals surface area (Å²) in [6.07, 6.45) is 3.07. The van der Waals surface area contributed by atoms with Crippen molar-refractivity contribution in [2.75, 3.05) is 5.32 Å². The van der Waals surface area contributed by atoms with Crippen LogP contribution in [0.5, 0.6) is 5.88 Å². The van der Waals surface area contributed by atoms with E-state index in [1.54, 1.807) is 6.21 Å². The zero-order valence-electron chi connectivity index (χ0n) is 16.4. The van der Waals surface area contributed by atoms with Crippen molar-refractivity contribution in [1.29, 1.82) is 0 Å². The average Bonchev–Trinajstić information content (AvgIpc) is 3.22. The maximum absolute atomic E-state index is 11.3. The van der Waals surface area contributed by atoms with E-state index in [1.807, 2.05) is 43.3 Å². The highest BCUT2D eigenvalue weighted by molar-refractivity contribution is 6.02. The minimum Gasteiger partial charge on any atom is -0.494 e. The lowest BCUT2D eigenvalue weighted by atomic mass is 10.0. The molecule has 1 aromatic heterocycles. The van der Waals surface area contributed by atoms with E-state index in [2.05, 4.69) is 31.9 Å². The number of aromatic nitrogens is 1. The van der Waals surface area contributed by atoms with Crippen molar-refractivity contribution in [2.45, 2.75) is 32.9 Å². The molecule has 0 saturated carbocycles. The number of hydrogen-bond acceptors (Lipinski definition) is 5. The van der Waals surface area contributed by atoms with Crippen LogP contribution in [0.4, 0.5) is 5.69 Å². The Kier molecular flexibility index (Phi) is 5.03. The predicted molar refractivity (Wildman–Crippen MR) is 116 cm³/mol. The predicted octanol–water partition coefficient (Wildman–Crippen LogP) is 3.54. The largest absolute Gasteiger partial charge is 0.494 e. The van der Waals surface area contributed by atoms with Gasteiger partial charge in [-0.25, -0.2) is 0 Å². The third kappa shape index (κ3) is 4.29. The molecule has 1 aliphatic heterocycles. The molecule has 2 heterocycles. The summed E-state index contributed by atoms with van der Waals surface area (Å²) in [6, 6.07) is 13.8. The molecule has 0 bridgehead atoms. The zero-order chi connectivity index (χ0) is 20.4. The molecule has 148 valence electrons. The van der Waals surface area contributed by atoms with Crippen molar-refractivity contribution in [1.82, 2.24) is 10.4 Å². The highest BCUT2D eigenvalue weighted by Gasteiger charge is 2.15. The topological polar surface area (TPSA) is 102 Å². The number of benzene rings is 2. The van der Waals surface area contributed by atoms with Gasteiger partial charge in [-0.2, -0.15) is 5.10 Å². The fourth-order valence-electron chi connectivity index (χ4n) is 3.49. The molecule has 4 N–H and O–H groups in total. The van der Waals surface area contributed by atoms with Crippen LogP contribution < -0.4 is 10.7 Å². The second-order valence-electron chi connectivity index (χ2n) is 7.30. The minimum atomic E-state index is -0.0981. The Balaban J connectivity index is 1.59. The molecule has 4 rings (SSSR count). The summed E-state index contributed by atoms with van der Waals surface area (Å²) in [7, 11) is 0. The summed E-state index contributed by atoms with van der Waals surface area (Å²) < 4.78 is 0. The molecule has 1 amide bonds. The molecule has 1 aliphatic rings. The number of H-pyrrole nitrogens is 1. The minimum absolute atomic E-state index is 0.0901. The number of carbonyl (C=O) groups is 1. The Morgan fingerprint density at radius 1 is 1.31 bits per heavy atom. The molecule has 0 fully saturated rings. The summed E-state index contributed by atoms with van der Waals surface area (Å²) in [5, 5.41) is 18.2. The van der Waals surface area contributed by atoms with Gasteiger partial charge in [-0.05, 0) is 48.7 Å². The second kappa shape index (κ2) is 7.79. The van der Waals surface area contributed by atoms with Crippen molar-refractivity contribution in [2.24, 2.45) is 10.1 Å². The normalized spacial score (nSPS) is 16.2. The summed E-state index contributed by atoms with van der Waals surface area (Å²) in [5.41, 5.74) is 8.47. The van der Waals surface area contributed by atoms with Gasteiger partial charge in [-0.1, -0.05) is 18.2 Å². The van der Waals surface area contributed by atoms with Crippen LogP contribution in [0.15, 0.2) is 52.6 Å². The fraction of sp³-hybridized carbons (Fsp3) is 0.227. The lowest BCUT2D eigenvalue weighted by Crippen LogP contribution is -2.16. The lowest BCUT2D eigenvalue weighted by molar-refractivity contribution is -0.114. The van der Waals surface area contributed by atoms with Gasteiger partial charge in [0.15, 0.2) is 5.88 Å². The van der Waals surface area contributed by atoms with Gasteiger partial charge in [0, 0.05) is 41.9 Å². The average molecular weight is 389 g/mol. The van der Waals surface area contributed by atoms with Crippen LogP contribution in [-0.4, -0.2) is 34.1 Å². The number of hydrogen-bond donors (Lipinski definition) is 4. The summed E-state index contributed by atoms with van der Waals surface area (Å²) in [5.74, 6) is 0.0110. The Hall–Kier alpha value is -3.61. The number of nitrogens with one attached hydrogen (secondary N) is 3. The van der Waals surface area contributed by atoms with Gasteiger partial charge >= 0.3 is 0 Å². The first-order valence-corrected chi connectivity index (χ1v) is 9.50. The van der Waals surface area contributed by atoms with Gasteiger partial charge in [-0.15, -0.1) is 0 Å². The third-order valence-corrected chi connectivity index (χ3v) is 4.81. The van der Waals surface area contributed by atoms with Crippen LogP contribution >= 0.6 is 0 Å². The van der Waals surface area contributed by atoms with Crippen LogP contribution in [-0.2, 0) is 11.2 Å². The molecule has 0 aliphatic carbocycles. The molecule has 0 saturated heterocycles. The molecule has 1 unspecified atom stereocenters. The SMILES string of the molecule is CC(=O)Nc1cccc(Cc2ccc3[nH]c(O)c(C=NC4CC(C)=NN4)c3c2)c1. The highest BCUT2D eigenvalue weighted by Crippen LogP contribution is 2.28. The molecule has 29 heavy (non-hydrogen) atoms. The first-order chi connectivity index (χ1) is 14.0. The monoisotopic (exact) mass is 389 g/mol. The Bertz CT molecular complexity index is 1130. The number of hydrazone groups is 1. The van der Waals surface area contributed by atoms with E-state index in [0.717, 1.165) is 39.8 Å². The van der Waals surface area contributed by atoms with Crippen LogP contribution in [0.25, 0.3) is 10.9 Å². The Labute approximate surface area is 168 Å². The number of amides is 1. The number of nitrogens with zero attached hydrogens (tertiary/aromatic N) is 2. The smallest absolute Gasteiger partial charge is 0.221 e. The quantitative estimate of drug-likeness (QED) is 0.502. The van der Waals surface area contributed by atoms with Gasteiger partial charge in [0.1, 0.15) is 6.17 Å². The summed E-state index contributed by atoms with van der Waals surface area (Å²) >= 11 is 0. The van der Waals surface area contributed by atoms with E-state index < -0.39 is 0 Å². The van der Waals surface area contributed by atoms with Crippen molar-refractivity contribution in [3.05, 3.63) is 59.2 Å². The fourth-order valence-corrected chi connectivity index (χ4v) is 3.49. The summed E-state index contributed by atoms with van der Waals surface area (Å²) in [4.78, 5) is 18.8. The Morgan fingerprint density at radius 2 is 2.14 bits per heavy atom. The van der Waals surface area contributed by atoms with Crippen molar-refractivity contribution >= 4 is 34.4 Å². The molecule has 0 radical (unpaired) electrons. The molecule has 7 nitrogen and oxygen atoms in total. The van der Waals surface area contributed by atoms with E-state index >= 15 is 0 Å². The lowest BCUT2D eigenvalue weighted by Gasteiger charge is -2.07. The number of aliphatic imine (C=N–C) groups is 1. The molecule has 0 spiro atoms. The van der Waals surface area contributed by atoms with Crippen LogP contribution in [0, 0.1) is 0 Å². The first kappa shape index (κ1) is 18.7. The standard InChI is InChI=1S/C22H23N5O2/c1-13-8-21(27-26-13)23-12-19-18-11-16(6-7-20(18)25-22(19)29)9-15-4-3-5-17(10-15)24-14(2)28/h3-7,10-12,21,25,27,29H,8-9H2,1-2H3,(H,24,28). The third-order valence-electron chi connectivity index (χ3n) is 4.81. The number of carbonyl (C=O) groups excluding carboxylic acids is 1. The highest BCUT2D eigenvalue weighted by atomic mass is 16.3. The van der Waals surface area contributed by atoms with Crippen molar-refractivity contribution < 1.29 is 9.90 Å². The number of anilines is 1. The Morgan fingerprint density at radius 3 is 2.90 bits per heavy atom. The zero-order valence-corrected chi connectivity index (χ0v) is 16.4. The number of aromatic amines is 1. The van der Waals surface area contributed by atoms with E-state index in [4.69, 9.17) is 0 Å². The van der Waals surface area contributed by atoms with Gasteiger partial charge in [0.2, 0.25) is 5.91 Å². The number of fused-ring (bicyclic) bond motifs is 1. The maximum Gasteiger partial charge on any atom is 0.221 e. The number of rotatable bonds is 5. The van der Waals surface area contributed by atoms with Gasteiger partial charge in [0.05, 0.1) is 5.56 Å². The van der Waals surface area contributed by atoms with Crippen LogP contribution in [0.1, 0.15) is 37.0 Å².